The maximum atomic E-state index is 12.9. The number of nitrogens with one attached hydrogen (secondary N) is 2. The van der Waals surface area contributed by atoms with Crippen LogP contribution >= 0.6 is 0 Å². The van der Waals surface area contributed by atoms with E-state index in [-0.39, 0.29) is 42.0 Å². The Balaban J connectivity index is 5.31. The second-order valence-corrected chi connectivity index (χ2v) is 7.99. The van der Waals surface area contributed by atoms with E-state index in [1.54, 1.807) is 14.1 Å². The van der Waals surface area contributed by atoms with Gasteiger partial charge in [-0.2, -0.15) is 0 Å². The molecule has 2 atom stereocenters. The van der Waals surface area contributed by atoms with Gasteiger partial charge < -0.3 is 20.4 Å². The highest BCUT2D eigenvalue weighted by Crippen LogP contribution is 2.13. The van der Waals surface area contributed by atoms with Gasteiger partial charge in [-0.05, 0) is 24.7 Å². The molecule has 28 heavy (non-hydrogen) atoms. The van der Waals surface area contributed by atoms with Crippen molar-refractivity contribution in [1.82, 2.24) is 20.4 Å². The molecule has 0 spiro atoms. The van der Waals surface area contributed by atoms with Crippen molar-refractivity contribution in [2.45, 2.75) is 66.0 Å². The Bertz CT molecular complexity index is 548. The molecule has 0 radical (unpaired) electrons. The van der Waals surface area contributed by atoms with Gasteiger partial charge in [-0.3, -0.25) is 19.2 Å². The predicted molar refractivity (Wildman–Crippen MR) is 109 cm³/mol. The van der Waals surface area contributed by atoms with E-state index < -0.39 is 12.1 Å². The molecule has 0 rings (SSSR count). The van der Waals surface area contributed by atoms with E-state index in [4.69, 9.17) is 0 Å². The van der Waals surface area contributed by atoms with Gasteiger partial charge in [-0.15, -0.1) is 0 Å². The van der Waals surface area contributed by atoms with E-state index >= 15 is 0 Å². The monoisotopic (exact) mass is 398 g/mol. The largest absolute Gasteiger partial charge is 0.357 e. The van der Waals surface area contributed by atoms with Gasteiger partial charge in [0.1, 0.15) is 12.1 Å². The summed E-state index contributed by atoms with van der Waals surface area (Å²) in [5, 5.41) is 5.33. The van der Waals surface area contributed by atoms with Gasteiger partial charge in [0.25, 0.3) is 0 Å². The number of rotatable bonds is 11. The lowest BCUT2D eigenvalue weighted by Crippen LogP contribution is -2.56. The number of hydrogen-bond donors (Lipinski definition) is 2. The summed E-state index contributed by atoms with van der Waals surface area (Å²) in [7, 11) is 4.67. The summed E-state index contributed by atoms with van der Waals surface area (Å²) in [5.41, 5.74) is 0. The molecule has 0 aliphatic carbocycles. The van der Waals surface area contributed by atoms with Crippen LogP contribution in [0.2, 0.25) is 0 Å². The minimum Gasteiger partial charge on any atom is -0.357 e. The number of amides is 4. The number of carbonyl (C=O) groups excluding carboxylic acids is 4. The fourth-order valence-corrected chi connectivity index (χ4v) is 2.81. The normalized spacial score (nSPS) is 13.1. The Morgan fingerprint density at radius 2 is 1.50 bits per heavy atom. The van der Waals surface area contributed by atoms with Crippen LogP contribution < -0.4 is 10.6 Å². The molecular formula is C20H38N4O4. The van der Waals surface area contributed by atoms with Gasteiger partial charge in [0.2, 0.25) is 23.6 Å². The predicted octanol–water partition coefficient (Wildman–Crippen LogP) is 1.00. The van der Waals surface area contributed by atoms with Crippen molar-refractivity contribution in [3.05, 3.63) is 0 Å². The third-order valence-electron chi connectivity index (χ3n) is 4.61. The minimum absolute atomic E-state index is 0.0831. The molecule has 8 nitrogen and oxygen atoms in total. The van der Waals surface area contributed by atoms with Crippen molar-refractivity contribution in [1.29, 1.82) is 0 Å². The first-order valence-electron chi connectivity index (χ1n) is 9.97. The van der Waals surface area contributed by atoms with E-state index in [1.807, 2.05) is 34.6 Å². The topological polar surface area (TPSA) is 98.8 Å². The van der Waals surface area contributed by atoms with Crippen LogP contribution in [-0.2, 0) is 19.2 Å². The summed E-state index contributed by atoms with van der Waals surface area (Å²) in [5.74, 6) is -0.979. The summed E-state index contributed by atoms with van der Waals surface area (Å²) < 4.78 is 0. The maximum absolute atomic E-state index is 12.9. The van der Waals surface area contributed by atoms with Crippen molar-refractivity contribution >= 4 is 23.6 Å². The van der Waals surface area contributed by atoms with Crippen molar-refractivity contribution in [3.8, 4) is 0 Å². The summed E-state index contributed by atoms with van der Waals surface area (Å²) in [6.07, 6.45) is 1.55. The Morgan fingerprint density at radius 3 is 1.93 bits per heavy atom. The molecule has 2 unspecified atom stereocenters. The van der Waals surface area contributed by atoms with Crippen molar-refractivity contribution < 1.29 is 19.2 Å². The molecule has 0 bridgehead atoms. The lowest BCUT2D eigenvalue weighted by atomic mass is 9.99. The molecule has 4 amide bonds. The second kappa shape index (κ2) is 12.4. The Morgan fingerprint density at radius 1 is 0.929 bits per heavy atom. The van der Waals surface area contributed by atoms with Gasteiger partial charge in [-0.25, -0.2) is 0 Å². The molecule has 2 N–H and O–H groups in total. The van der Waals surface area contributed by atoms with E-state index in [2.05, 4.69) is 10.6 Å². The van der Waals surface area contributed by atoms with E-state index in [0.717, 1.165) is 0 Å². The van der Waals surface area contributed by atoms with Crippen LogP contribution in [0.1, 0.15) is 53.9 Å². The van der Waals surface area contributed by atoms with Crippen LogP contribution in [0.3, 0.4) is 0 Å². The number of nitrogens with zero attached hydrogens (tertiary/aromatic N) is 2. The number of hydrogen-bond acceptors (Lipinski definition) is 4. The highest BCUT2D eigenvalue weighted by atomic mass is 16.2. The van der Waals surface area contributed by atoms with Gasteiger partial charge in [0.15, 0.2) is 0 Å². The third-order valence-corrected chi connectivity index (χ3v) is 4.61. The molecule has 0 saturated heterocycles. The highest BCUT2D eigenvalue weighted by Gasteiger charge is 2.32. The zero-order valence-corrected chi connectivity index (χ0v) is 18.7. The first-order valence-corrected chi connectivity index (χ1v) is 9.97. The van der Waals surface area contributed by atoms with E-state index in [0.29, 0.717) is 19.3 Å². The minimum atomic E-state index is -0.715. The summed E-state index contributed by atoms with van der Waals surface area (Å²) in [4.78, 5) is 52.4. The molecule has 0 aromatic heterocycles. The smallest absolute Gasteiger partial charge is 0.243 e. The van der Waals surface area contributed by atoms with Crippen LogP contribution in [0.25, 0.3) is 0 Å². The lowest BCUT2D eigenvalue weighted by Gasteiger charge is -2.32. The second-order valence-electron chi connectivity index (χ2n) is 7.99. The quantitative estimate of drug-likeness (QED) is 0.542. The molecule has 0 fully saturated rings. The molecule has 162 valence electrons. The molecule has 0 saturated carbocycles. The zero-order chi connectivity index (χ0) is 22.0. The molecule has 0 aromatic rings. The summed E-state index contributed by atoms with van der Waals surface area (Å²) >= 11 is 0. The van der Waals surface area contributed by atoms with Gasteiger partial charge in [0.05, 0.1) is 6.54 Å². The fourth-order valence-electron chi connectivity index (χ4n) is 2.81. The standard InChI is InChI=1S/C20H38N4O4/c1-9-10-16(25)23(7)12-17(26)24(8)15(11-13(2)3)19(27)22-18(14(4)5)20(28)21-6/h13-15,18H,9-12H2,1-8H3,(H,21,28)(H,22,27). The van der Waals surface area contributed by atoms with Crippen molar-refractivity contribution in [3.63, 3.8) is 0 Å². The molecule has 8 heteroatoms. The first-order chi connectivity index (χ1) is 13.0. The fraction of sp³-hybridized carbons (Fsp3) is 0.800. The summed E-state index contributed by atoms with van der Waals surface area (Å²) in [6, 6.07) is -1.39. The number of likely N-dealkylation sites (N-methyl/N-ethyl adjacent to an activating group) is 3. The third kappa shape index (κ3) is 8.27. The molecular weight excluding hydrogens is 360 g/mol. The SMILES string of the molecule is CCCC(=O)N(C)CC(=O)N(C)C(CC(C)C)C(=O)NC(C(=O)NC)C(C)C. The highest BCUT2D eigenvalue weighted by molar-refractivity contribution is 5.93. The van der Waals surface area contributed by atoms with Gasteiger partial charge in [-0.1, -0.05) is 34.6 Å². The Hall–Kier alpha value is -2.12. The summed E-state index contributed by atoms with van der Waals surface area (Å²) in [6.45, 7) is 9.45. The van der Waals surface area contributed by atoms with Gasteiger partial charge >= 0.3 is 0 Å². The van der Waals surface area contributed by atoms with Crippen LogP contribution in [0.15, 0.2) is 0 Å². The van der Waals surface area contributed by atoms with Crippen LogP contribution in [-0.4, -0.2) is 73.2 Å². The first kappa shape index (κ1) is 25.9. The zero-order valence-electron chi connectivity index (χ0n) is 18.7. The number of carbonyl (C=O) groups is 4. The van der Waals surface area contributed by atoms with Crippen molar-refractivity contribution in [2.75, 3.05) is 27.7 Å². The molecule has 0 aliphatic heterocycles. The van der Waals surface area contributed by atoms with E-state index in [1.165, 1.54) is 16.8 Å². The Labute approximate surface area is 169 Å². The molecule has 0 aliphatic rings. The maximum Gasteiger partial charge on any atom is 0.243 e. The average Bonchev–Trinajstić information content (AvgIpc) is 2.62. The molecule has 0 aromatic carbocycles. The molecule has 0 heterocycles. The van der Waals surface area contributed by atoms with Crippen molar-refractivity contribution in [2.24, 2.45) is 11.8 Å². The van der Waals surface area contributed by atoms with Crippen LogP contribution in [0.4, 0.5) is 0 Å². The van der Waals surface area contributed by atoms with Crippen LogP contribution in [0.5, 0.6) is 0 Å². The van der Waals surface area contributed by atoms with E-state index in [9.17, 15) is 19.2 Å². The Kier molecular flexibility index (Phi) is 11.4. The van der Waals surface area contributed by atoms with Crippen LogP contribution in [0, 0.1) is 11.8 Å². The van der Waals surface area contributed by atoms with Gasteiger partial charge in [0, 0.05) is 27.6 Å². The average molecular weight is 399 g/mol. The lowest BCUT2D eigenvalue weighted by molar-refractivity contribution is -0.144.